The van der Waals surface area contributed by atoms with E-state index in [1.54, 1.807) is 18.5 Å². The average molecular weight is 540 g/mol. The van der Waals surface area contributed by atoms with E-state index in [4.69, 9.17) is 23.2 Å². The van der Waals surface area contributed by atoms with Gasteiger partial charge in [-0.2, -0.15) is 5.26 Å². The molecule has 2 aliphatic rings. The zero-order valence-corrected chi connectivity index (χ0v) is 23.2. The van der Waals surface area contributed by atoms with Gasteiger partial charge in [0.25, 0.3) is 0 Å². The van der Waals surface area contributed by atoms with Crippen LogP contribution in [0.4, 0.5) is 5.82 Å². The molecule has 2 aromatic carbocycles. The molecule has 1 aliphatic carbocycles. The highest BCUT2D eigenvalue weighted by Gasteiger charge is 2.34. The maximum atomic E-state index is 9.68. The number of piperidine rings is 1. The molecule has 4 nitrogen and oxygen atoms in total. The first-order valence-corrected chi connectivity index (χ1v) is 13.7. The second kappa shape index (κ2) is 9.66. The molecule has 1 aliphatic heterocycles. The van der Waals surface area contributed by atoms with Crippen LogP contribution in [0, 0.1) is 25.2 Å². The molecule has 2 aromatic heterocycles. The summed E-state index contributed by atoms with van der Waals surface area (Å²) in [6, 6.07) is 17.2. The van der Waals surface area contributed by atoms with Crippen molar-refractivity contribution in [3.63, 3.8) is 0 Å². The molecule has 6 heteroatoms. The molecule has 0 spiro atoms. The highest BCUT2D eigenvalue weighted by atomic mass is 35.5. The van der Waals surface area contributed by atoms with Gasteiger partial charge in [0.05, 0.1) is 15.6 Å². The number of anilines is 1. The van der Waals surface area contributed by atoms with Crippen molar-refractivity contribution in [1.82, 2.24) is 9.97 Å². The lowest BCUT2D eigenvalue weighted by atomic mass is 9.71. The highest BCUT2D eigenvalue weighted by molar-refractivity contribution is 6.36. The van der Waals surface area contributed by atoms with Gasteiger partial charge in [0, 0.05) is 42.3 Å². The normalized spacial score (nSPS) is 17.7. The van der Waals surface area contributed by atoms with Crippen LogP contribution in [0.2, 0.25) is 10.0 Å². The van der Waals surface area contributed by atoms with Crippen LogP contribution in [0.15, 0.2) is 71.6 Å². The predicted molar refractivity (Wildman–Crippen MR) is 157 cm³/mol. The summed E-state index contributed by atoms with van der Waals surface area (Å²) in [4.78, 5) is 10.1. The smallest absolute Gasteiger partial charge is 0.147 e. The van der Waals surface area contributed by atoms with Crippen molar-refractivity contribution in [3.8, 4) is 6.07 Å². The Kier molecular flexibility index (Phi) is 6.30. The van der Waals surface area contributed by atoms with Crippen molar-refractivity contribution in [2.75, 3.05) is 18.0 Å². The van der Waals surface area contributed by atoms with E-state index in [2.05, 4.69) is 78.1 Å². The van der Waals surface area contributed by atoms with Gasteiger partial charge in [-0.25, -0.2) is 4.98 Å². The molecule has 6 rings (SSSR count). The van der Waals surface area contributed by atoms with E-state index in [1.807, 2.05) is 0 Å². The number of benzene rings is 2. The molecule has 1 atom stereocenters. The number of fused-ring (bicyclic) bond motifs is 2. The maximum Gasteiger partial charge on any atom is 0.147 e. The molecule has 1 unspecified atom stereocenters. The van der Waals surface area contributed by atoms with Crippen molar-refractivity contribution in [3.05, 3.63) is 109 Å². The Morgan fingerprint density at radius 1 is 1.03 bits per heavy atom. The lowest BCUT2D eigenvalue weighted by Gasteiger charge is -2.40. The third-order valence-electron chi connectivity index (χ3n) is 8.25. The third-order valence-corrected chi connectivity index (χ3v) is 8.73. The number of allylic oxidation sites excluding steroid dienone is 2. The quantitative estimate of drug-likeness (QED) is 0.284. The minimum Gasteiger partial charge on any atom is -0.360 e. The predicted octanol–water partition coefficient (Wildman–Crippen LogP) is 8.53. The fourth-order valence-corrected chi connectivity index (χ4v) is 6.88. The van der Waals surface area contributed by atoms with Crippen molar-refractivity contribution in [1.29, 1.82) is 5.26 Å². The fourth-order valence-electron chi connectivity index (χ4n) is 6.38. The third kappa shape index (κ3) is 4.11. The van der Waals surface area contributed by atoms with Crippen LogP contribution in [0.25, 0.3) is 16.5 Å². The van der Waals surface area contributed by atoms with E-state index in [9.17, 15) is 5.26 Å². The Bertz CT molecular complexity index is 1680. The van der Waals surface area contributed by atoms with Crippen molar-refractivity contribution >= 4 is 45.5 Å². The monoisotopic (exact) mass is 538 g/mol. The summed E-state index contributed by atoms with van der Waals surface area (Å²) in [6.45, 7) is 8.33. The number of aryl methyl sites for hydroxylation is 2. The first kappa shape index (κ1) is 24.8. The van der Waals surface area contributed by atoms with Gasteiger partial charge in [0.15, 0.2) is 0 Å². The number of nitriles is 1. The first-order chi connectivity index (χ1) is 18.4. The number of hydrogen-bond donors (Lipinski definition) is 1. The number of aromatic amines is 1. The molecule has 0 amide bonds. The standard InChI is InChI=1S/C32H28Cl2N4/c1-18-5-4-6-19(2)31(18)25-13-26(21-7-8-30-27(11-21)22(14-35)15-36-30)28-17-38(10-9-24(28)20(25)3)32-29(34)12-23(33)16-37-32/h4-8,11-12,15-16,25,36H,9-10,13,17H2,1-3H3. The number of pyridine rings is 1. The Labute approximate surface area is 233 Å². The van der Waals surface area contributed by atoms with Gasteiger partial charge in [0.1, 0.15) is 11.9 Å². The lowest BCUT2D eigenvalue weighted by molar-refractivity contribution is 0.696. The number of hydrogen-bond acceptors (Lipinski definition) is 3. The molecule has 1 fully saturated rings. The fraction of sp³-hybridized carbons (Fsp3) is 0.250. The minimum absolute atomic E-state index is 0.311. The molecule has 1 N–H and O–H groups in total. The number of nitrogens with zero attached hydrogens (tertiary/aromatic N) is 3. The second-order valence-electron chi connectivity index (χ2n) is 10.4. The Balaban J connectivity index is 1.52. The summed E-state index contributed by atoms with van der Waals surface area (Å²) >= 11 is 12.7. The molecule has 4 aromatic rings. The van der Waals surface area contributed by atoms with E-state index in [0.717, 1.165) is 42.7 Å². The van der Waals surface area contributed by atoms with Crippen LogP contribution in [-0.4, -0.2) is 23.1 Å². The maximum absolute atomic E-state index is 9.68. The van der Waals surface area contributed by atoms with Gasteiger partial charge >= 0.3 is 0 Å². The van der Waals surface area contributed by atoms with E-state index >= 15 is 0 Å². The minimum atomic E-state index is 0.311. The lowest BCUT2D eigenvalue weighted by Crippen LogP contribution is -2.35. The number of nitrogens with one attached hydrogen (secondary N) is 1. The van der Waals surface area contributed by atoms with Crippen LogP contribution in [0.5, 0.6) is 0 Å². The van der Waals surface area contributed by atoms with Gasteiger partial charge in [-0.05, 0) is 90.8 Å². The molecule has 38 heavy (non-hydrogen) atoms. The van der Waals surface area contributed by atoms with E-state index in [1.165, 1.54) is 44.5 Å². The average Bonchev–Trinajstić information content (AvgIpc) is 3.32. The second-order valence-corrected chi connectivity index (χ2v) is 11.2. The Hall–Kier alpha value is -3.52. The first-order valence-electron chi connectivity index (χ1n) is 12.9. The summed E-state index contributed by atoms with van der Waals surface area (Å²) in [7, 11) is 0. The number of aromatic nitrogens is 2. The molecular formula is C32H28Cl2N4. The van der Waals surface area contributed by atoms with Crippen LogP contribution >= 0.6 is 23.2 Å². The zero-order valence-electron chi connectivity index (χ0n) is 21.7. The molecule has 0 saturated carbocycles. The zero-order chi connectivity index (χ0) is 26.6. The molecule has 1 saturated heterocycles. The van der Waals surface area contributed by atoms with Crippen molar-refractivity contribution in [2.45, 2.75) is 39.5 Å². The summed E-state index contributed by atoms with van der Waals surface area (Å²) in [6.07, 6.45) is 5.28. The summed E-state index contributed by atoms with van der Waals surface area (Å²) in [5.41, 5.74) is 12.5. The van der Waals surface area contributed by atoms with Crippen molar-refractivity contribution in [2.24, 2.45) is 0 Å². The Morgan fingerprint density at radius 3 is 2.55 bits per heavy atom. The molecular weight excluding hydrogens is 511 g/mol. The van der Waals surface area contributed by atoms with Gasteiger partial charge in [-0.15, -0.1) is 0 Å². The summed E-state index contributed by atoms with van der Waals surface area (Å²) in [5.74, 6) is 1.08. The topological polar surface area (TPSA) is 55.7 Å². The van der Waals surface area contributed by atoms with Crippen LogP contribution in [0.1, 0.15) is 53.5 Å². The van der Waals surface area contributed by atoms with Crippen LogP contribution < -0.4 is 4.90 Å². The van der Waals surface area contributed by atoms with Crippen molar-refractivity contribution < 1.29 is 0 Å². The van der Waals surface area contributed by atoms with E-state index < -0.39 is 0 Å². The summed E-state index contributed by atoms with van der Waals surface area (Å²) < 4.78 is 0. The van der Waals surface area contributed by atoms with Crippen LogP contribution in [0.3, 0.4) is 0 Å². The number of rotatable bonds is 3. The van der Waals surface area contributed by atoms with Gasteiger partial charge in [-0.3, -0.25) is 0 Å². The largest absolute Gasteiger partial charge is 0.360 e. The van der Waals surface area contributed by atoms with Crippen LogP contribution in [-0.2, 0) is 0 Å². The number of halogens is 2. The van der Waals surface area contributed by atoms with E-state index in [0.29, 0.717) is 21.5 Å². The molecule has 0 bridgehead atoms. The Morgan fingerprint density at radius 2 is 1.82 bits per heavy atom. The summed E-state index contributed by atoms with van der Waals surface area (Å²) in [5, 5.41) is 11.7. The van der Waals surface area contributed by atoms with E-state index in [-0.39, 0.29) is 0 Å². The SMILES string of the molecule is CC1=C2CCN(c3ncc(Cl)cc3Cl)CC2=C(c2ccc3[nH]cc(C#N)c3c2)CC1c1c(C)cccc1C. The van der Waals surface area contributed by atoms with Gasteiger partial charge in [0.2, 0.25) is 0 Å². The van der Waals surface area contributed by atoms with Gasteiger partial charge < -0.3 is 9.88 Å². The molecule has 3 heterocycles. The highest BCUT2D eigenvalue weighted by Crippen LogP contribution is 2.49. The number of H-pyrrole nitrogens is 1. The van der Waals surface area contributed by atoms with Gasteiger partial charge in [-0.1, -0.05) is 53.0 Å². The molecule has 0 radical (unpaired) electrons. The molecule has 190 valence electrons.